The molecule has 1 atom stereocenters. The number of amides is 2. The van der Waals surface area contributed by atoms with Gasteiger partial charge < -0.3 is 15.4 Å². The van der Waals surface area contributed by atoms with Gasteiger partial charge in [0.25, 0.3) is 11.8 Å². The Hall–Kier alpha value is -3.66. The second-order valence-corrected chi connectivity index (χ2v) is 7.82. The molecule has 0 heterocycles. The molecule has 0 bridgehead atoms. The Morgan fingerprint density at radius 3 is 2.37 bits per heavy atom. The molecule has 0 aliphatic rings. The van der Waals surface area contributed by atoms with Crippen LogP contribution in [0.3, 0.4) is 0 Å². The standard InChI is InChI=1S/C23H25N3O4/c1-15(21(28)26-19-7-5-6-16(12-19)13-24)30-20(27)14-25-22(29)17-8-10-18(11-9-17)23(2,3)4/h5-12,15H,14H2,1-4H3,(H,25,29)(H,26,28)/t15-/m0/s1. The van der Waals surface area contributed by atoms with Crippen molar-refractivity contribution in [2.75, 3.05) is 11.9 Å². The zero-order chi connectivity index (χ0) is 22.3. The van der Waals surface area contributed by atoms with E-state index in [1.807, 2.05) is 18.2 Å². The first-order valence-electron chi connectivity index (χ1n) is 9.49. The molecule has 2 N–H and O–H groups in total. The summed E-state index contributed by atoms with van der Waals surface area (Å²) in [7, 11) is 0. The summed E-state index contributed by atoms with van der Waals surface area (Å²) >= 11 is 0. The summed E-state index contributed by atoms with van der Waals surface area (Å²) in [4.78, 5) is 36.3. The summed E-state index contributed by atoms with van der Waals surface area (Å²) in [5, 5.41) is 14.0. The van der Waals surface area contributed by atoms with E-state index in [9.17, 15) is 14.4 Å². The van der Waals surface area contributed by atoms with E-state index >= 15 is 0 Å². The lowest BCUT2D eigenvalue weighted by Gasteiger charge is -2.19. The fraction of sp³-hybridized carbons (Fsp3) is 0.304. The molecule has 0 radical (unpaired) electrons. The van der Waals surface area contributed by atoms with Crippen LogP contribution in [0.5, 0.6) is 0 Å². The molecule has 0 unspecified atom stereocenters. The van der Waals surface area contributed by atoms with Crippen LogP contribution in [0.1, 0.15) is 49.2 Å². The smallest absolute Gasteiger partial charge is 0.326 e. The maximum absolute atomic E-state index is 12.2. The van der Waals surface area contributed by atoms with Crippen molar-refractivity contribution in [3.8, 4) is 6.07 Å². The summed E-state index contributed by atoms with van der Waals surface area (Å²) in [6.45, 7) is 7.30. The number of nitrogens with one attached hydrogen (secondary N) is 2. The van der Waals surface area contributed by atoms with Crippen LogP contribution in [0, 0.1) is 11.3 Å². The van der Waals surface area contributed by atoms with Crippen molar-refractivity contribution in [1.82, 2.24) is 5.32 Å². The quantitative estimate of drug-likeness (QED) is 0.715. The number of esters is 1. The van der Waals surface area contributed by atoms with Gasteiger partial charge in [-0.3, -0.25) is 14.4 Å². The zero-order valence-electron chi connectivity index (χ0n) is 17.5. The van der Waals surface area contributed by atoms with Gasteiger partial charge in [0.15, 0.2) is 6.10 Å². The van der Waals surface area contributed by atoms with E-state index in [0.717, 1.165) is 5.56 Å². The Morgan fingerprint density at radius 2 is 1.77 bits per heavy atom. The number of benzene rings is 2. The highest BCUT2D eigenvalue weighted by atomic mass is 16.5. The SMILES string of the molecule is C[C@H](OC(=O)CNC(=O)c1ccc(C(C)(C)C)cc1)C(=O)Nc1cccc(C#N)c1. The maximum atomic E-state index is 12.2. The lowest BCUT2D eigenvalue weighted by molar-refractivity contribution is -0.152. The average molecular weight is 407 g/mol. The third kappa shape index (κ3) is 6.45. The molecule has 2 aromatic carbocycles. The van der Waals surface area contributed by atoms with Crippen LogP contribution in [-0.2, 0) is 19.7 Å². The van der Waals surface area contributed by atoms with E-state index in [2.05, 4.69) is 31.4 Å². The Bertz CT molecular complexity index is 969. The van der Waals surface area contributed by atoms with Crippen molar-refractivity contribution >= 4 is 23.5 Å². The number of nitrogens with zero attached hydrogens (tertiary/aromatic N) is 1. The van der Waals surface area contributed by atoms with Gasteiger partial charge in [-0.05, 0) is 48.2 Å². The van der Waals surface area contributed by atoms with Crippen molar-refractivity contribution in [3.63, 3.8) is 0 Å². The van der Waals surface area contributed by atoms with E-state index in [0.29, 0.717) is 16.8 Å². The molecule has 0 aromatic heterocycles. The van der Waals surface area contributed by atoms with Gasteiger partial charge in [-0.15, -0.1) is 0 Å². The number of carbonyl (C=O) groups excluding carboxylic acids is 3. The van der Waals surface area contributed by atoms with Crippen LogP contribution in [0.2, 0.25) is 0 Å². The fourth-order valence-electron chi connectivity index (χ4n) is 2.58. The van der Waals surface area contributed by atoms with E-state index < -0.39 is 23.9 Å². The van der Waals surface area contributed by atoms with Gasteiger partial charge in [-0.2, -0.15) is 5.26 Å². The molecule has 0 spiro atoms. The first kappa shape index (κ1) is 22.6. The molecule has 0 saturated heterocycles. The Morgan fingerprint density at radius 1 is 1.10 bits per heavy atom. The van der Waals surface area contributed by atoms with Gasteiger partial charge >= 0.3 is 5.97 Å². The van der Waals surface area contributed by atoms with Crippen molar-refractivity contribution < 1.29 is 19.1 Å². The van der Waals surface area contributed by atoms with Gasteiger partial charge in [0.1, 0.15) is 6.54 Å². The summed E-state index contributed by atoms with van der Waals surface area (Å²) < 4.78 is 5.06. The number of ether oxygens (including phenoxy) is 1. The van der Waals surface area contributed by atoms with Gasteiger partial charge in [-0.1, -0.05) is 39.0 Å². The van der Waals surface area contributed by atoms with Crippen LogP contribution in [0.25, 0.3) is 0 Å². The minimum atomic E-state index is -1.06. The van der Waals surface area contributed by atoms with Crippen molar-refractivity contribution in [2.45, 2.75) is 39.2 Å². The van der Waals surface area contributed by atoms with E-state index in [-0.39, 0.29) is 12.0 Å². The number of nitriles is 1. The average Bonchev–Trinajstić information content (AvgIpc) is 2.71. The molecule has 2 rings (SSSR count). The number of carbonyl (C=O) groups is 3. The van der Waals surface area contributed by atoms with Crippen LogP contribution in [0.4, 0.5) is 5.69 Å². The molecule has 0 saturated carbocycles. The molecule has 2 amide bonds. The van der Waals surface area contributed by atoms with Crippen LogP contribution >= 0.6 is 0 Å². The highest BCUT2D eigenvalue weighted by molar-refractivity contribution is 5.97. The number of hydrogen-bond donors (Lipinski definition) is 2. The highest BCUT2D eigenvalue weighted by Crippen LogP contribution is 2.22. The van der Waals surface area contributed by atoms with Crippen LogP contribution in [0.15, 0.2) is 48.5 Å². The monoisotopic (exact) mass is 407 g/mol. The normalized spacial score (nSPS) is 11.7. The summed E-state index contributed by atoms with van der Waals surface area (Å²) in [6.07, 6.45) is -1.06. The molecule has 30 heavy (non-hydrogen) atoms. The van der Waals surface area contributed by atoms with Gasteiger partial charge in [0.2, 0.25) is 0 Å². The van der Waals surface area contributed by atoms with E-state index in [1.165, 1.54) is 13.0 Å². The summed E-state index contributed by atoms with van der Waals surface area (Å²) in [6, 6.07) is 15.5. The first-order valence-corrected chi connectivity index (χ1v) is 9.49. The van der Waals surface area contributed by atoms with Gasteiger partial charge in [-0.25, -0.2) is 0 Å². The molecule has 2 aromatic rings. The molecular weight excluding hydrogens is 382 g/mol. The minimum absolute atomic E-state index is 0.0224. The van der Waals surface area contributed by atoms with E-state index in [1.54, 1.807) is 30.3 Å². The number of rotatable bonds is 6. The Labute approximate surface area is 176 Å². The van der Waals surface area contributed by atoms with Gasteiger partial charge in [0, 0.05) is 11.3 Å². The minimum Gasteiger partial charge on any atom is -0.451 e. The van der Waals surface area contributed by atoms with Crippen molar-refractivity contribution in [3.05, 3.63) is 65.2 Å². The van der Waals surface area contributed by atoms with Crippen LogP contribution in [-0.4, -0.2) is 30.4 Å². The third-order valence-electron chi connectivity index (χ3n) is 4.34. The molecule has 156 valence electrons. The second kappa shape index (κ2) is 9.70. The Kier molecular flexibility index (Phi) is 7.32. The number of hydrogen-bond acceptors (Lipinski definition) is 5. The molecular formula is C23H25N3O4. The Balaban J connectivity index is 1.83. The lowest BCUT2D eigenvalue weighted by atomic mass is 9.87. The molecule has 7 heteroatoms. The predicted octanol–water partition coefficient (Wildman–Crippen LogP) is 3.16. The first-order chi connectivity index (χ1) is 14.1. The highest BCUT2D eigenvalue weighted by Gasteiger charge is 2.19. The largest absolute Gasteiger partial charge is 0.451 e. The fourth-order valence-corrected chi connectivity index (χ4v) is 2.58. The van der Waals surface area contributed by atoms with E-state index in [4.69, 9.17) is 10.00 Å². The van der Waals surface area contributed by atoms with Crippen molar-refractivity contribution in [2.24, 2.45) is 0 Å². The molecule has 7 nitrogen and oxygen atoms in total. The molecule has 0 fully saturated rings. The maximum Gasteiger partial charge on any atom is 0.326 e. The van der Waals surface area contributed by atoms with Gasteiger partial charge in [0.05, 0.1) is 11.6 Å². The second-order valence-electron chi connectivity index (χ2n) is 7.82. The third-order valence-corrected chi connectivity index (χ3v) is 4.34. The molecule has 0 aliphatic carbocycles. The topological polar surface area (TPSA) is 108 Å². The molecule has 0 aliphatic heterocycles. The lowest BCUT2D eigenvalue weighted by Crippen LogP contribution is -2.35. The summed E-state index contributed by atoms with van der Waals surface area (Å²) in [5.41, 5.74) is 2.33. The number of anilines is 1. The zero-order valence-corrected chi connectivity index (χ0v) is 17.5. The van der Waals surface area contributed by atoms with Crippen molar-refractivity contribution in [1.29, 1.82) is 5.26 Å². The predicted molar refractivity (Wildman–Crippen MR) is 113 cm³/mol. The summed E-state index contributed by atoms with van der Waals surface area (Å²) in [5.74, 6) is -1.68. The van der Waals surface area contributed by atoms with Crippen LogP contribution < -0.4 is 10.6 Å².